The van der Waals surface area contributed by atoms with Gasteiger partial charge in [-0.1, -0.05) is 19.2 Å². The van der Waals surface area contributed by atoms with E-state index in [0.29, 0.717) is 12.4 Å². The van der Waals surface area contributed by atoms with Crippen LogP contribution in [0.2, 0.25) is 0 Å². The summed E-state index contributed by atoms with van der Waals surface area (Å²) in [5, 5.41) is 9.90. The summed E-state index contributed by atoms with van der Waals surface area (Å²) >= 11 is 0. The second-order valence-corrected chi connectivity index (χ2v) is 6.37. The van der Waals surface area contributed by atoms with Crippen LogP contribution in [0.1, 0.15) is 26.7 Å². The van der Waals surface area contributed by atoms with Gasteiger partial charge in [-0.25, -0.2) is 4.99 Å². The van der Waals surface area contributed by atoms with Crippen molar-refractivity contribution in [2.24, 2.45) is 15.7 Å². The number of aliphatic imine (C=N–C) groups is 2. The summed E-state index contributed by atoms with van der Waals surface area (Å²) in [5.74, 6) is 0.662. The molecule has 7 heteroatoms. The van der Waals surface area contributed by atoms with Gasteiger partial charge in [-0.3, -0.25) is 15.2 Å². The third-order valence-electron chi connectivity index (χ3n) is 4.01. The molecule has 0 amide bonds. The molecule has 1 aliphatic rings. The van der Waals surface area contributed by atoms with Gasteiger partial charge in [-0.05, 0) is 33.2 Å². The van der Waals surface area contributed by atoms with Gasteiger partial charge in [0, 0.05) is 37.9 Å². The van der Waals surface area contributed by atoms with Gasteiger partial charge in [0.05, 0.1) is 19.0 Å². The standard InChI is InChI=1S/C18H35N7/c1-5-9-20-12-18(25-10-7-8-17(19)13-25)24-15(3)11-21-14-23-16(4)22-6-2/h5,9,14-15,17-18,22,24H,1,4,6-8,10-13,19H2,2-3H3,(H,21,23)/b20-9-/t15?,17-,18?/m1/s1. The normalized spacial score (nSPS) is 21.3. The van der Waals surface area contributed by atoms with Gasteiger partial charge in [-0.15, -0.1) is 0 Å². The van der Waals surface area contributed by atoms with E-state index < -0.39 is 0 Å². The Bertz CT molecular complexity index is 447. The lowest BCUT2D eigenvalue weighted by molar-refractivity contribution is 0.122. The molecule has 0 aromatic carbocycles. The summed E-state index contributed by atoms with van der Waals surface area (Å²) in [4.78, 5) is 11.0. The molecule has 142 valence electrons. The molecule has 25 heavy (non-hydrogen) atoms. The molecule has 1 rings (SSSR count). The van der Waals surface area contributed by atoms with E-state index in [-0.39, 0.29) is 18.2 Å². The number of hydrogen-bond donors (Lipinski definition) is 4. The first-order valence-electron chi connectivity index (χ1n) is 9.12. The number of rotatable bonds is 12. The molecule has 1 fully saturated rings. The molecule has 3 atom stereocenters. The van der Waals surface area contributed by atoms with E-state index in [2.05, 4.69) is 50.9 Å². The van der Waals surface area contributed by atoms with Gasteiger partial charge < -0.3 is 16.4 Å². The second-order valence-electron chi connectivity index (χ2n) is 6.37. The van der Waals surface area contributed by atoms with Crippen molar-refractivity contribution < 1.29 is 0 Å². The lowest BCUT2D eigenvalue weighted by atomic mass is 10.1. The Morgan fingerprint density at radius 1 is 1.48 bits per heavy atom. The molecule has 0 bridgehead atoms. The van der Waals surface area contributed by atoms with E-state index in [9.17, 15) is 0 Å². The molecule has 1 heterocycles. The van der Waals surface area contributed by atoms with Gasteiger partial charge in [0.25, 0.3) is 0 Å². The highest BCUT2D eigenvalue weighted by atomic mass is 15.3. The van der Waals surface area contributed by atoms with Crippen LogP contribution in [0.3, 0.4) is 0 Å². The summed E-state index contributed by atoms with van der Waals surface area (Å²) < 4.78 is 0. The maximum absolute atomic E-state index is 6.13. The Labute approximate surface area is 152 Å². The van der Waals surface area contributed by atoms with Crippen molar-refractivity contribution in [2.45, 2.75) is 44.9 Å². The average molecular weight is 350 g/mol. The molecule has 1 aliphatic heterocycles. The maximum atomic E-state index is 6.13. The third kappa shape index (κ3) is 9.38. The fourth-order valence-electron chi connectivity index (χ4n) is 2.82. The topological polar surface area (TPSA) is 90.1 Å². The smallest absolute Gasteiger partial charge is 0.120 e. The Balaban J connectivity index is 2.47. The second kappa shape index (κ2) is 12.6. The van der Waals surface area contributed by atoms with E-state index in [4.69, 9.17) is 5.73 Å². The van der Waals surface area contributed by atoms with Crippen LogP contribution in [0, 0.1) is 0 Å². The van der Waals surface area contributed by atoms with Gasteiger partial charge in [-0.2, -0.15) is 0 Å². The molecule has 1 saturated heterocycles. The number of likely N-dealkylation sites (tertiary alicyclic amines) is 1. The Morgan fingerprint density at radius 3 is 2.96 bits per heavy atom. The first-order chi connectivity index (χ1) is 12.1. The monoisotopic (exact) mass is 349 g/mol. The molecule has 0 aliphatic carbocycles. The Kier molecular flexibility index (Phi) is 10.8. The van der Waals surface area contributed by atoms with Crippen LogP contribution in [-0.2, 0) is 0 Å². The van der Waals surface area contributed by atoms with E-state index in [0.717, 1.165) is 39.0 Å². The van der Waals surface area contributed by atoms with Crippen molar-refractivity contribution >= 4 is 12.6 Å². The van der Waals surface area contributed by atoms with E-state index in [1.54, 1.807) is 18.6 Å². The lowest BCUT2D eigenvalue weighted by Crippen LogP contribution is -2.57. The quantitative estimate of drug-likeness (QED) is 0.307. The fraction of sp³-hybridized carbons (Fsp3) is 0.667. The van der Waals surface area contributed by atoms with Crippen molar-refractivity contribution in [3.8, 4) is 0 Å². The molecule has 0 radical (unpaired) electrons. The predicted molar refractivity (Wildman–Crippen MR) is 108 cm³/mol. The van der Waals surface area contributed by atoms with E-state index >= 15 is 0 Å². The molecule has 0 saturated carbocycles. The van der Waals surface area contributed by atoms with Crippen LogP contribution in [0.15, 0.2) is 35.0 Å². The first-order valence-corrected chi connectivity index (χ1v) is 9.12. The zero-order valence-electron chi connectivity index (χ0n) is 15.7. The number of nitrogens with one attached hydrogen (secondary N) is 3. The third-order valence-corrected chi connectivity index (χ3v) is 4.01. The predicted octanol–water partition coefficient (Wildman–Crippen LogP) is 0.669. The van der Waals surface area contributed by atoms with Crippen molar-refractivity contribution in [3.05, 3.63) is 25.1 Å². The fourth-order valence-corrected chi connectivity index (χ4v) is 2.82. The minimum absolute atomic E-state index is 0.174. The molecular weight excluding hydrogens is 314 g/mol. The minimum Gasteiger partial charge on any atom is -0.374 e. The van der Waals surface area contributed by atoms with Gasteiger partial charge >= 0.3 is 0 Å². The summed E-state index contributed by atoms with van der Waals surface area (Å²) in [6.07, 6.45) is 7.55. The van der Waals surface area contributed by atoms with E-state index in [1.807, 2.05) is 6.92 Å². The van der Waals surface area contributed by atoms with Gasteiger partial charge in [0.1, 0.15) is 5.82 Å². The summed E-state index contributed by atoms with van der Waals surface area (Å²) in [6, 6.07) is 0.514. The number of allylic oxidation sites excluding steroid dienone is 1. The highest BCUT2D eigenvalue weighted by molar-refractivity contribution is 5.70. The molecule has 7 nitrogen and oxygen atoms in total. The van der Waals surface area contributed by atoms with Gasteiger partial charge in [0.15, 0.2) is 0 Å². The van der Waals surface area contributed by atoms with Crippen LogP contribution in [0.25, 0.3) is 0 Å². The van der Waals surface area contributed by atoms with Crippen molar-refractivity contribution in [2.75, 3.05) is 32.7 Å². The largest absolute Gasteiger partial charge is 0.374 e. The van der Waals surface area contributed by atoms with E-state index in [1.165, 1.54) is 0 Å². The highest BCUT2D eigenvalue weighted by Gasteiger charge is 2.24. The summed E-state index contributed by atoms with van der Waals surface area (Å²) in [5.41, 5.74) is 6.13. The lowest BCUT2D eigenvalue weighted by Gasteiger charge is -2.38. The molecule has 0 spiro atoms. The minimum atomic E-state index is 0.174. The number of piperidine rings is 1. The van der Waals surface area contributed by atoms with Crippen molar-refractivity contribution in [3.63, 3.8) is 0 Å². The van der Waals surface area contributed by atoms with Crippen molar-refractivity contribution in [1.82, 2.24) is 20.9 Å². The maximum Gasteiger partial charge on any atom is 0.120 e. The zero-order chi connectivity index (χ0) is 18.5. The molecule has 5 N–H and O–H groups in total. The van der Waals surface area contributed by atoms with Crippen LogP contribution in [0.4, 0.5) is 0 Å². The van der Waals surface area contributed by atoms with Crippen LogP contribution >= 0.6 is 0 Å². The summed E-state index contributed by atoms with van der Waals surface area (Å²) in [6.45, 7) is 15.9. The Hall–Kier alpha value is -1.70. The zero-order valence-corrected chi connectivity index (χ0v) is 15.7. The van der Waals surface area contributed by atoms with Crippen LogP contribution in [0.5, 0.6) is 0 Å². The van der Waals surface area contributed by atoms with Crippen LogP contribution < -0.4 is 21.7 Å². The highest BCUT2D eigenvalue weighted by Crippen LogP contribution is 2.11. The molecule has 0 aromatic rings. The summed E-state index contributed by atoms with van der Waals surface area (Å²) in [7, 11) is 0. The number of nitrogens with zero attached hydrogens (tertiary/aromatic N) is 3. The van der Waals surface area contributed by atoms with Gasteiger partial charge in [0.2, 0.25) is 0 Å². The Morgan fingerprint density at radius 2 is 2.28 bits per heavy atom. The number of nitrogens with two attached hydrogens (primary N) is 1. The number of hydrogen-bond acceptors (Lipinski definition) is 6. The van der Waals surface area contributed by atoms with Crippen molar-refractivity contribution in [1.29, 1.82) is 0 Å². The first kappa shape index (κ1) is 21.3. The SMILES string of the molecule is C=C/C=N\CC(NC(C)CN/C=N\C(=C)NCC)N1CCC[C@@H](N)C1. The molecule has 0 aromatic heterocycles. The molecule has 2 unspecified atom stereocenters. The average Bonchev–Trinajstić information content (AvgIpc) is 2.58. The van der Waals surface area contributed by atoms with Crippen LogP contribution in [-0.4, -0.2) is 68.4 Å². The molecular formula is C18H35N7.